The predicted molar refractivity (Wildman–Crippen MR) is 128 cm³/mol. The molecule has 6 heteroatoms. The van der Waals surface area contributed by atoms with Gasteiger partial charge < -0.3 is 14.2 Å². The Morgan fingerprint density at radius 3 is 1.73 bits per heavy atom. The standard InChI is InChI=1S/C27H45F3O3/c1-5-7-8-9-10-14-17-25(27(31-3,32-4)33-6-2)18-15-12-11-13-16-23-19-21-24(22-20-23)26(28,29)30/h19-22,25H,5-18H2,1-4H3. The zero-order chi connectivity index (χ0) is 24.6. The van der Waals surface area contributed by atoms with Crippen molar-refractivity contribution in [3.63, 3.8) is 0 Å². The maximum absolute atomic E-state index is 12.7. The number of alkyl halides is 3. The molecule has 1 aromatic carbocycles. The summed E-state index contributed by atoms with van der Waals surface area (Å²) in [6.45, 7) is 4.71. The van der Waals surface area contributed by atoms with E-state index in [0.29, 0.717) is 6.61 Å². The minimum absolute atomic E-state index is 0.175. The summed E-state index contributed by atoms with van der Waals surface area (Å²) in [5.41, 5.74) is 0.370. The number of hydrogen-bond acceptors (Lipinski definition) is 3. The Kier molecular flexibility index (Phi) is 15.0. The number of unbranched alkanes of at least 4 members (excludes halogenated alkanes) is 8. The molecule has 0 aliphatic heterocycles. The number of hydrogen-bond donors (Lipinski definition) is 0. The molecule has 192 valence electrons. The molecule has 33 heavy (non-hydrogen) atoms. The minimum atomic E-state index is -4.27. The van der Waals surface area contributed by atoms with Crippen molar-refractivity contribution >= 4 is 0 Å². The number of methoxy groups -OCH3 is 2. The highest BCUT2D eigenvalue weighted by Crippen LogP contribution is 2.34. The molecule has 3 nitrogen and oxygen atoms in total. The largest absolute Gasteiger partial charge is 0.416 e. The van der Waals surface area contributed by atoms with Crippen molar-refractivity contribution in [1.29, 1.82) is 0 Å². The van der Waals surface area contributed by atoms with Gasteiger partial charge in [0.1, 0.15) is 0 Å². The van der Waals surface area contributed by atoms with Gasteiger partial charge in [-0.2, -0.15) is 13.2 Å². The van der Waals surface area contributed by atoms with Crippen molar-refractivity contribution in [2.75, 3.05) is 20.8 Å². The van der Waals surface area contributed by atoms with Crippen LogP contribution in [0.2, 0.25) is 0 Å². The van der Waals surface area contributed by atoms with E-state index in [2.05, 4.69) is 6.92 Å². The van der Waals surface area contributed by atoms with Gasteiger partial charge in [0.25, 0.3) is 5.97 Å². The molecule has 0 aliphatic rings. The topological polar surface area (TPSA) is 27.7 Å². The second-order valence-electron chi connectivity index (χ2n) is 8.85. The summed E-state index contributed by atoms with van der Waals surface area (Å²) in [7, 11) is 3.30. The number of halogens is 3. The Morgan fingerprint density at radius 1 is 0.727 bits per heavy atom. The van der Waals surface area contributed by atoms with Crippen molar-refractivity contribution < 1.29 is 27.4 Å². The Morgan fingerprint density at radius 2 is 1.24 bits per heavy atom. The van der Waals surface area contributed by atoms with Crippen molar-refractivity contribution in [1.82, 2.24) is 0 Å². The van der Waals surface area contributed by atoms with Crippen molar-refractivity contribution in [2.24, 2.45) is 5.92 Å². The molecular formula is C27H45F3O3. The smallest absolute Gasteiger partial charge is 0.331 e. The highest BCUT2D eigenvalue weighted by molar-refractivity contribution is 5.24. The molecule has 0 saturated carbocycles. The van der Waals surface area contributed by atoms with E-state index in [1.165, 1.54) is 44.2 Å². The van der Waals surface area contributed by atoms with Gasteiger partial charge in [-0.25, -0.2) is 0 Å². The van der Waals surface area contributed by atoms with E-state index in [9.17, 15) is 13.2 Å². The van der Waals surface area contributed by atoms with Gasteiger partial charge in [-0.3, -0.25) is 0 Å². The molecule has 1 rings (SSSR count). The summed E-state index contributed by atoms with van der Waals surface area (Å²) in [6, 6.07) is 5.52. The van der Waals surface area contributed by atoms with Crippen molar-refractivity contribution in [3.8, 4) is 0 Å². The first-order valence-corrected chi connectivity index (χ1v) is 12.7. The van der Waals surface area contributed by atoms with Gasteiger partial charge in [-0.1, -0.05) is 76.8 Å². The Bertz CT molecular complexity index is 598. The molecule has 0 heterocycles. The van der Waals surface area contributed by atoms with E-state index in [1.54, 1.807) is 26.4 Å². The van der Waals surface area contributed by atoms with Crippen LogP contribution in [-0.2, 0) is 26.8 Å². The summed E-state index contributed by atoms with van der Waals surface area (Å²) in [4.78, 5) is 0. The molecule has 0 amide bonds. The first-order chi connectivity index (χ1) is 15.8. The first-order valence-electron chi connectivity index (χ1n) is 12.7. The van der Waals surface area contributed by atoms with Gasteiger partial charge in [-0.05, 0) is 50.3 Å². The fourth-order valence-electron chi connectivity index (χ4n) is 4.46. The Labute approximate surface area is 199 Å². The summed E-state index contributed by atoms with van der Waals surface area (Å²) in [5.74, 6) is -0.813. The molecule has 1 unspecified atom stereocenters. The molecule has 0 aliphatic carbocycles. The zero-order valence-electron chi connectivity index (χ0n) is 21.1. The lowest BCUT2D eigenvalue weighted by atomic mass is 9.91. The van der Waals surface area contributed by atoms with E-state index < -0.39 is 17.7 Å². The lowest BCUT2D eigenvalue weighted by molar-refractivity contribution is -0.388. The monoisotopic (exact) mass is 474 g/mol. The molecule has 0 fully saturated rings. The third kappa shape index (κ3) is 11.2. The number of aryl methyl sites for hydroxylation is 1. The van der Waals surface area contributed by atoms with Crippen molar-refractivity contribution in [2.45, 2.75) is 109 Å². The van der Waals surface area contributed by atoms with E-state index in [0.717, 1.165) is 56.9 Å². The molecule has 0 radical (unpaired) electrons. The van der Waals surface area contributed by atoms with Crippen LogP contribution in [-0.4, -0.2) is 26.8 Å². The molecular weight excluding hydrogens is 429 g/mol. The Hall–Kier alpha value is -1.11. The van der Waals surface area contributed by atoms with E-state index in [-0.39, 0.29) is 5.92 Å². The van der Waals surface area contributed by atoms with Crippen LogP contribution in [0.25, 0.3) is 0 Å². The number of benzene rings is 1. The van der Waals surface area contributed by atoms with Crippen molar-refractivity contribution in [3.05, 3.63) is 35.4 Å². The van der Waals surface area contributed by atoms with Crippen LogP contribution in [0.4, 0.5) is 13.2 Å². The van der Waals surface area contributed by atoms with Crippen LogP contribution in [0.15, 0.2) is 24.3 Å². The first kappa shape index (κ1) is 29.9. The maximum Gasteiger partial charge on any atom is 0.416 e. The highest BCUT2D eigenvalue weighted by atomic mass is 19.4. The van der Waals surface area contributed by atoms with Crippen LogP contribution in [0.5, 0.6) is 0 Å². The SMILES string of the molecule is CCCCCCCCC(CCCCCCc1ccc(C(F)(F)F)cc1)C(OC)(OC)OCC. The average molecular weight is 475 g/mol. The minimum Gasteiger partial charge on any atom is -0.331 e. The normalized spacial score (nSPS) is 13.4. The van der Waals surface area contributed by atoms with Gasteiger partial charge in [0.05, 0.1) is 5.56 Å². The third-order valence-corrected chi connectivity index (χ3v) is 6.37. The summed E-state index contributed by atoms with van der Waals surface area (Å²) >= 11 is 0. The molecule has 0 spiro atoms. The van der Waals surface area contributed by atoms with Gasteiger partial charge in [0.15, 0.2) is 0 Å². The fraction of sp³-hybridized carbons (Fsp3) is 0.778. The Balaban J connectivity index is 2.45. The molecule has 0 N–H and O–H groups in total. The lowest BCUT2D eigenvalue weighted by Crippen LogP contribution is -2.45. The van der Waals surface area contributed by atoms with Gasteiger partial charge in [0.2, 0.25) is 0 Å². The van der Waals surface area contributed by atoms with Crippen LogP contribution < -0.4 is 0 Å². The lowest BCUT2D eigenvalue weighted by Gasteiger charge is -2.37. The second kappa shape index (κ2) is 16.5. The van der Waals surface area contributed by atoms with Crippen LogP contribution in [0.3, 0.4) is 0 Å². The summed E-state index contributed by atoms with van der Waals surface area (Å²) in [5, 5.41) is 0. The molecule has 0 aromatic heterocycles. The summed E-state index contributed by atoms with van der Waals surface area (Å²) in [6.07, 6.45) is 10.1. The highest BCUT2D eigenvalue weighted by Gasteiger charge is 2.39. The molecule has 0 saturated heterocycles. The number of ether oxygens (including phenoxy) is 3. The third-order valence-electron chi connectivity index (χ3n) is 6.37. The molecule has 1 aromatic rings. The molecule has 0 bridgehead atoms. The number of rotatable bonds is 19. The van der Waals surface area contributed by atoms with Crippen LogP contribution in [0.1, 0.15) is 102 Å². The maximum atomic E-state index is 12.7. The quantitative estimate of drug-likeness (QED) is 0.148. The summed E-state index contributed by atoms with van der Waals surface area (Å²) < 4.78 is 55.4. The van der Waals surface area contributed by atoms with E-state index in [4.69, 9.17) is 14.2 Å². The second-order valence-corrected chi connectivity index (χ2v) is 8.85. The van der Waals surface area contributed by atoms with Gasteiger partial charge in [-0.15, -0.1) is 0 Å². The fourth-order valence-corrected chi connectivity index (χ4v) is 4.46. The van der Waals surface area contributed by atoms with Gasteiger partial charge >= 0.3 is 6.18 Å². The average Bonchev–Trinajstić information content (AvgIpc) is 2.80. The predicted octanol–water partition coefficient (Wildman–Crippen LogP) is 8.55. The van der Waals surface area contributed by atoms with E-state index >= 15 is 0 Å². The van der Waals surface area contributed by atoms with Crippen LogP contribution in [0, 0.1) is 5.92 Å². The zero-order valence-corrected chi connectivity index (χ0v) is 21.1. The van der Waals surface area contributed by atoms with Crippen LogP contribution >= 0.6 is 0 Å². The molecule has 1 atom stereocenters. The van der Waals surface area contributed by atoms with Gasteiger partial charge in [0, 0.05) is 26.7 Å². The van der Waals surface area contributed by atoms with E-state index in [1.807, 2.05) is 6.92 Å².